The lowest BCUT2D eigenvalue weighted by atomic mass is 10.3. The first-order chi connectivity index (χ1) is 7.95. The molecule has 17 heavy (non-hydrogen) atoms. The van der Waals surface area contributed by atoms with E-state index in [9.17, 15) is 9.59 Å². The number of rotatable bonds is 8. The second-order valence-corrected chi connectivity index (χ2v) is 3.52. The Morgan fingerprint density at radius 3 is 1.53 bits per heavy atom. The van der Waals surface area contributed by atoms with Crippen LogP contribution < -0.4 is 28.5 Å². The summed E-state index contributed by atoms with van der Waals surface area (Å²) in [5, 5.41) is 5.01. The predicted octanol–water partition coefficient (Wildman–Crippen LogP) is -2.13. The maximum absolute atomic E-state index is 10.5. The van der Waals surface area contributed by atoms with Gasteiger partial charge in [0.1, 0.15) is 0 Å². The zero-order chi connectivity index (χ0) is 13.3. The third-order valence-electron chi connectivity index (χ3n) is 2.07. The van der Waals surface area contributed by atoms with Gasteiger partial charge in [0.2, 0.25) is 0 Å². The molecule has 0 spiro atoms. The molecular weight excluding hydrogens is 226 g/mol. The van der Waals surface area contributed by atoms with Gasteiger partial charge in [-0.25, -0.2) is 21.3 Å². The number of amides is 4. The molecule has 0 aliphatic rings. The van der Waals surface area contributed by atoms with E-state index in [1.807, 2.05) is 0 Å². The predicted molar refractivity (Wildman–Crippen MR) is 63.1 cm³/mol. The second-order valence-electron chi connectivity index (χ2n) is 3.52. The van der Waals surface area contributed by atoms with Crippen molar-refractivity contribution >= 4 is 12.1 Å². The summed E-state index contributed by atoms with van der Waals surface area (Å²) in [6, 6.07) is -1.30. The lowest BCUT2D eigenvalue weighted by Gasteiger charge is -2.14. The summed E-state index contributed by atoms with van der Waals surface area (Å²) >= 11 is 0. The first-order valence-corrected chi connectivity index (χ1v) is 5.29. The van der Waals surface area contributed by atoms with E-state index >= 15 is 0 Å². The van der Waals surface area contributed by atoms with Gasteiger partial charge in [0.15, 0.2) is 0 Å². The molecule has 0 aromatic rings. The molecule has 100 valence electrons. The lowest BCUT2D eigenvalue weighted by Crippen LogP contribution is -2.43. The van der Waals surface area contributed by atoms with Gasteiger partial charge in [-0.15, -0.1) is 0 Å². The van der Waals surface area contributed by atoms with Crippen LogP contribution in [0.2, 0.25) is 0 Å². The highest BCUT2D eigenvalue weighted by atomic mass is 16.2. The molecule has 0 aliphatic carbocycles. The number of hydrazine groups is 2. The van der Waals surface area contributed by atoms with Crippen molar-refractivity contribution in [3.05, 3.63) is 0 Å². The topological polar surface area (TPSA) is 157 Å². The highest BCUT2D eigenvalue weighted by Gasteiger charge is 2.03. The van der Waals surface area contributed by atoms with Crippen molar-refractivity contribution < 1.29 is 9.59 Å². The van der Waals surface area contributed by atoms with Gasteiger partial charge in [0.05, 0.1) is 0 Å². The van der Waals surface area contributed by atoms with E-state index in [1.165, 1.54) is 0 Å². The molecule has 9 nitrogen and oxygen atoms in total. The average Bonchev–Trinajstić information content (AvgIpc) is 2.26. The molecule has 0 saturated heterocycles. The largest absolute Gasteiger partial charge is 0.350 e. The summed E-state index contributed by atoms with van der Waals surface area (Å²) in [5.41, 5.74) is 9.88. The molecule has 0 rings (SSSR count). The minimum atomic E-state index is -0.648. The quantitative estimate of drug-likeness (QED) is 0.143. The molecule has 9 N–H and O–H groups in total. The Labute approximate surface area is 100.0 Å². The number of urea groups is 2. The maximum atomic E-state index is 10.5. The molecule has 0 radical (unpaired) electrons. The van der Waals surface area contributed by atoms with Gasteiger partial charge in [-0.2, -0.15) is 0 Å². The van der Waals surface area contributed by atoms with Crippen LogP contribution in [0.5, 0.6) is 0 Å². The molecule has 0 bridgehead atoms. The molecule has 0 atom stereocenters. The van der Waals surface area contributed by atoms with Gasteiger partial charge in [-0.1, -0.05) is 0 Å². The summed E-state index contributed by atoms with van der Waals surface area (Å²) < 4.78 is 0. The Kier molecular flexibility index (Phi) is 7.76. The van der Waals surface area contributed by atoms with Gasteiger partial charge >= 0.3 is 12.1 Å². The van der Waals surface area contributed by atoms with Crippen molar-refractivity contribution in [2.45, 2.75) is 12.8 Å². The third kappa shape index (κ3) is 8.25. The molecule has 9 heteroatoms. The number of primary amides is 2. The van der Waals surface area contributed by atoms with Crippen molar-refractivity contribution in [1.82, 2.24) is 15.3 Å². The first kappa shape index (κ1) is 15.4. The fourth-order valence-electron chi connectivity index (χ4n) is 1.09. The van der Waals surface area contributed by atoms with Crippen molar-refractivity contribution in [2.24, 2.45) is 23.2 Å². The number of hydrogen-bond acceptors (Lipinski definition) is 5. The van der Waals surface area contributed by atoms with Crippen molar-refractivity contribution in [3.63, 3.8) is 0 Å². The number of carbonyl (C=O) groups is 2. The van der Waals surface area contributed by atoms with Gasteiger partial charge in [0, 0.05) is 13.1 Å². The van der Waals surface area contributed by atoms with Crippen LogP contribution >= 0.6 is 0 Å². The fraction of sp³-hybridized carbons (Fsp3) is 0.750. The standard InChI is InChI=1S/C8H21N7O2/c9-7(16)14(11)5-1-3-13-4-2-6-15(12)8(10)17/h13H,1-6,11-12H2,(H2,9,16)(H2,10,17). The van der Waals surface area contributed by atoms with Gasteiger partial charge in [-0.3, -0.25) is 10.0 Å². The highest BCUT2D eigenvalue weighted by Crippen LogP contribution is 1.85. The SMILES string of the molecule is NC(=O)N(N)CCCNCCCN(N)C(N)=O. The Bertz CT molecular complexity index is 224. The lowest BCUT2D eigenvalue weighted by molar-refractivity contribution is 0.207. The Balaban J connectivity index is 3.30. The number of nitrogens with zero attached hydrogens (tertiary/aromatic N) is 2. The van der Waals surface area contributed by atoms with Crippen LogP contribution in [0.25, 0.3) is 0 Å². The summed E-state index contributed by atoms with van der Waals surface area (Å²) in [6.45, 7) is 2.18. The van der Waals surface area contributed by atoms with Crippen LogP contribution in [0.15, 0.2) is 0 Å². The zero-order valence-corrected chi connectivity index (χ0v) is 9.76. The van der Waals surface area contributed by atoms with E-state index in [0.717, 1.165) is 10.0 Å². The molecule has 0 fully saturated rings. The first-order valence-electron chi connectivity index (χ1n) is 5.29. The number of carbonyl (C=O) groups excluding carboxylic acids is 2. The summed E-state index contributed by atoms with van der Waals surface area (Å²) in [7, 11) is 0. The zero-order valence-electron chi connectivity index (χ0n) is 9.76. The van der Waals surface area contributed by atoms with Gasteiger partial charge in [0.25, 0.3) is 0 Å². The highest BCUT2D eigenvalue weighted by molar-refractivity contribution is 5.71. The molecule has 0 heterocycles. The van der Waals surface area contributed by atoms with E-state index in [4.69, 9.17) is 23.2 Å². The molecular formula is C8H21N7O2. The molecule has 0 unspecified atom stereocenters. The van der Waals surface area contributed by atoms with Gasteiger partial charge in [-0.05, 0) is 25.9 Å². The normalized spacial score (nSPS) is 10.0. The smallest absolute Gasteiger partial charge is 0.328 e. The fourth-order valence-corrected chi connectivity index (χ4v) is 1.09. The Hall–Kier alpha value is -1.58. The van der Waals surface area contributed by atoms with Crippen molar-refractivity contribution in [3.8, 4) is 0 Å². The summed E-state index contributed by atoms with van der Waals surface area (Å²) in [4.78, 5) is 21.1. The van der Waals surface area contributed by atoms with Crippen LogP contribution in [0.4, 0.5) is 9.59 Å². The molecule has 0 aromatic carbocycles. The molecule has 0 aromatic heterocycles. The van der Waals surface area contributed by atoms with E-state index in [1.54, 1.807) is 0 Å². The molecule has 4 amide bonds. The van der Waals surface area contributed by atoms with Crippen LogP contribution in [0, 0.1) is 0 Å². The summed E-state index contributed by atoms with van der Waals surface area (Å²) in [5.74, 6) is 10.6. The monoisotopic (exact) mass is 247 g/mol. The minimum Gasteiger partial charge on any atom is -0.350 e. The number of hydrogen-bond donors (Lipinski definition) is 5. The third-order valence-corrected chi connectivity index (χ3v) is 2.07. The number of nitrogens with one attached hydrogen (secondary N) is 1. The van der Waals surface area contributed by atoms with Crippen molar-refractivity contribution in [1.29, 1.82) is 0 Å². The molecule has 0 saturated carbocycles. The van der Waals surface area contributed by atoms with E-state index in [2.05, 4.69) is 5.32 Å². The maximum Gasteiger partial charge on any atom is 0.328 e. The Morgan fingerprint density at radius 2 is 1.24 bits per heavy atom. The van der Waals surface area contributed by atoms with Crippen molar-refractivity contribution in [2.75, 3.05) is 26.2 Å². The van der Waals surface area contributed by atoms with Crippen LogP contribution in [-0.4, -0.2) is 48.3 Å². The molecule has 0 aliphatic heterocycles. The summed E-state index contributed by atoms with van der Waals surface area (Å²) in [6.07, 6.45) is 1.39. The van der Waals surface area contributed by atoms with Crippen LogP contribution in [0.1, 0.15) is 12.8 Å². The van der Waals surface area contributed by atoms with Gasteiger partial charge < -0.3 is 16.8 Å². The Morgan fingerprint density at radius 1 is 0.882 bits per heavy atom. The van der Waals surface area contributed by atoms with E-state index in [-0.39, 0.29) is 0 Å². The second kappa shape index (κ2) is 8.56. The average molecular weight is 247 g/mol. The number of nitrogens with two attached hydrogens (primary N) is 4. The minimum absolute atomic E-state index is 0.395. The van der Waals surface area contributed by atoms with E-state index < -0.39 is 12.1 Å². The van der Waals surface area contributed by atoms with Crippen LogP contribution in [-0.2, 0) is 0 Å². The van der Waals surface area contributed by atoms with E-state index in [0.29, 0.717) is 39.0 Å². The van der Waals surface area contributed by atoms with Crippen LogP contribution in [0.3, 0.4) is 0 Å².